The van der Waals surface area contributed by atoms with Crippen LogP contribution in [-0.4, -0.2) is 19.7 Å². The van der Waals surface area contributed by atoms with E-state index in [0.29, 0.717) is 21.0 Å². The third-order valence-electron chi connectivity index (χ3n) is 0.490. The fourth-order valence-corrected chi connectivity index (χ4v) is 1.70. The fourth-order valence-electron chi connectivity index (χ4n) is 0.228. The Morgan fingerprint density at radius 2 is 2.40 bits per heavy atom. The summed E-state index contributed by atoms with van der Waals surface area (Å²) in [4.78, 5) is 10.0. The maximum absolute atomic E-state index is 10.0. The van der Waals surface area contributed by atoms with Gasteiger partial charge in [0.15, 0.2) is 0 Å². The number of carbonyl (C=O) groups is 1. The number of thioether (sulfide) groups is 2. The van der Waals surface area contributed by atoms with Gasteiger partial charge in [0.05, 0.1) is 0 Å². The average Bonchev–Trinajstić information content (AvgIpc) is 1.82. The third kappa shape index (κ3) is 6.12. The van der Waals surface area contributed by atoms with Crippen molar-refractivity contribution >= 4 is 44.6 Å². The lowest BCUT2D eigenvalue weighted by atomic mass is 10.8. The van der Waals surface area contributed by atoms with Gasteiger partial charge in [0, 0.05) is 17.5 Å². The predicted molar refractivity (Wildman–Crippen MR) is 50.9 cm³/mol. The Kier molecular flexibility index (Phi) is 5.76. The lowest BCUT2D eigenvalue weighted by molar-refractivity contribution is 0.222. The van der Waals surface area contributed by atoms with E-state index in [1.54, 1.807) is 6.08 Å². The quantitative estimate of drug-likeness (QED) is 0.540. The van der Waals surface area contributed by atoms with Crippen LogP contribution in [0.4, 0.5) is 4.79 Å². The molecule has 0 saturated carbocycles. The van der Waals surface area contributed by atoms with Gasteiger partial charge in [0.25, 0.3) is 0 Å². The van der Waals surface area contributed by atoms with Crippen LogP contribution in [0.5, 0.6) is 0 Å². The molecule has 0 bridgehead atoms. The maximum Gasteiger partial charge on any atom is 0.371 e. The Balaban J connectivity index is 3.43. The van der Waals surface area contributed by atoms with E-state index in [4.69, 9.17) is 17.3 Å². The molecule has 0 atom stereocenters. The second-order valence-corrected chi connectivity index (χ2v) is 4.39. The Labute approximate surface area is 73.1 Å². The van der Waals surface area contributed by atoms with E-state index in [-0.39, 0.29) is 0 Å². The Hall–Kier alpha value is -0.000000000000000111. The molecule has 0 heterocycles. The molecule has 0 aliphatic rings. The Morgan fingerprint density at radius 1 is 1.80 bits per heavy atom. The van der Waals surface area contributed by atoms with Crippen LogP contribution in [0.3, 0.4) is 0 Å². The SMILES string of the molecule is C=CCSC(=S)SC(=O)O. The zero-order chi connectivity index (χ0) is 7.98. The van der Waals surface area contributed by atoms with Crippen LogP contribution in [0.15, 0.2) is 12.7 Å². The number of hydrogen-bond acceptors (Lipinski definition) is 4. The predicted octanol–water partition coefficient (Wildman–Crippen LogP) is 2.60. The molecule has 0 unspecified atom stereocenters. The molecule has 0 aromatic carbocycles. The van der Waals surface area contributed by atoms with Gasteiger partial charge in [0.1, 0.15) is 3.53 Å². The van der Waals surface area contributed by atoms with E-state index >= 15 is 0 Å². The van der Waals surface area contributed by atoms with Crippen LogP contribution < -0.4 is 0 Å². The molecular weight excluding hydrogens is 188 g/mol. The topological polar surface area (TPSA) is 37.3 Å². The minimum atomic E-state index is -0.957. The fraction of sp³-hybridized carbons (Fsp3) is 0.200. The Morgan fingerprint density at radius 3 is 2.80 bits per heavy atom. The smallest absolute Gasteiger partial charge is 0.371 e. The van der Waals surface area contributed by atoms with Gasteiger partial charge in [-0.25, -0.2) is 4.79 Å². The van der Waals surface area contributed by atoms with E-state index in [9.17, 15) is 4.79 Å². The molecule has 0 aromatic heterocycles. The van der Waals surface area contributed by atoms with Crippen LogP contribution in [0.25, 0.3) is 0 Å². The summed E-state index contributed by atoms with van der Waals surface area (Å²) in [6.45, 7) is 3.47. The highest BCUT2D eigenvalue weighted by Gasteiger charge is 2.02. The lowest BCUT2D eigenvalue weighted by Gasteiger charge is -1.93. The van der Waals surface area contributed by atoms with Crippen molar-refractivity contribution in [1.82, 2.24) is 0 Å². The van der Waals surface area contributed by atoms with Gasteiger partial charge < -0.3 is 5.11 Å². The van der Waals surface area contributed by atoms with Gasteiger partial charge in [-0.3, -0.25) is 0 Å². The van der Waals surface area contributed by atoms with Crippen LogP contribution >= 0.6 is 35.7 Å². The van der Waals surface area contributed by atoms with Gasteiger partial charge in [-0.2, -0.15) is 0 Å². The zero-order valence-electron chi connectivity index (χ0n) is 5.07. The molecule has 5 heteroatoms. The second kappa shape index (κ2) is 5.76. The molecule has 0 spiro atoms. The van der Waals surface area contributed by atoms with E-state index in [1.807, 2.05) is 0 Å². The van der Waals surface area contributed by atoms with Crippen molar-refractivity contribution in [1.29, 1.82) is 0 Å². The summed E-state index contributed by atoms with van der Waals surface area (Å²) in [5.74, 6) is 0.666. The molecule has 0 fully saturated rings. The number of carboxylic acid groups (broad SMARTS) is 1. The molecule has 0 saturated heterocycles. The molecule has 0 amide bonds. The molecule has 56 valence electrons. The van der Waals surface area contributed by atoms with E-state index in [1.165, 1.54) is 11.8 Å². The third-order valence-corrected chi connectivity index (χ3v) is 2.68. The first-order chi connectivity index (χ1) is 4.66. The largest absolute Gasteiger partial charge is 0.473 e. The molecule has 0 radical (unpaired) electrons. The van der Waals surface area contributed by atoms with Crippen molar-refractivity contribution in [3.63, 3.8) is 0 Å². The molecule has 2 nitrogen and oxygen atoms in total. The first kappa shape index (κ1) is 10.0. The van der Waals surface area contributed by atoms with Crippen LogP contribution in [0.1, 0.15) is 0 Å². The number of thiocarbonyl (C=S) groups is 1. The van der Waals surface area contributed by atoms with Gasteiger partial charge in [-0.15, -0.1) is 18.3 Å². The van der Waals surface area contributed by atoms with Crippen molar-refractivity contribution in [2.45, 2.75) is 0 Å². The summed E-state index contributed by atoms with van der Waals surface area (Å²) in [6, 6.07) is 0. The average molecular weight is 194 g/mol. The van der Waals surface area contributed by atoms with E-state index < -0.39 is 5.30 Å². The zero-order valence-corrected chi connectivity index (χ0v) is 7.52. The monoisotopic (exact) mass is 194 g/mol. The lowest BCUT2D eigenvalue weighted by Crippen LogP contribution is -1.89. The summed E-state index contributed by atoms with van der Waals surface area (Å²) in [5, 5.41) is 7.26. The van der Waals surface area contributed by atoms with Crippen molar-refractivity contribution in [2.75, 3.05) is 5.75 Å². The second-order valence-electron chi connectivity index (χ2n) is 1.22. The number of hydrogen-bond donors (Lipinski definition) is 1. The Bertz CT molecular complexity index is 155. The summed E-state index contributed by atoms with van der Waals surface area (Å²) >= 11 is 6.65. The summed E-state index contributed by atoms with van der Waals surface area (Å²) in [6.07, 6.45) is 1.68. The minimum Gasteiger partial charge on any atom is -0.473 e. The van der Waals surface area contributed by atoms with Crippen molar-refractivity contribution < 1.29 is 9.90 Å². The normalized spacial score (nSPS) is 8.80. The molecule has 10 heavy (non-hydrogen) atoms. The highest BCUT2D eigenvalue weighted by Crippen LogP contribution is 2.17. The molecule has 0 aromatic rings. The van der Waals surface area contributed by atoms with E-state index in [2.05, 4.69) is 6.58 Å². The summed E-state index contributed by atoms with van der Waals surface area (Å²) in [7, 11) is 0. The standard InChI is InChI=1S/C5H6O2S3/c1-2-3-9-5(8)10-4(6)7/h2H,1,3H2,(H,6,7). The van der Waals surface area contributed by atoms with Crippen LogP contribution in [-0.2, 0) is 0 Å². The van der Waals surface area contributed by atoms with Crippen molar-refractivity contribution in [3.05, 3.63) is 12.7 Å². The number of rotatable bonds is 2. The van der Waals surface area contributed by atoms with Crippen molar-refractivity contribution in [2.24, 2.45) is 0 Å². The van der Waals surface area contributed by atoms with Gasteiger partial charge in [-0.05, 0) is 0 Å². The summed E-state index contributed by atoms with van der Waals surface area (Å²) < 4.78 is 0.424. The highest BCUT2D eigenvalue weighted by atomic mass is 32.2. The first-order valence-corrected chi connectivity index (χ1v) is 4.56. The molecule has 0 rings (SSSR count). The van der Waals surface area contributed by atoms with Crippen molar-refractivity contribution in [3.8, 4) is 0 Å². The van der Waals surface area contributed by atoms with Gasteiger partial charge in [-0.1, -0.05) is 18.3 Å². The minimum absolute atomic E-state index is 0.424. The highest BCUT2D eigenvalue weighted by molar-refractivity contribution is 8.51. The molecular formula is C5H6O2S3. The molecule has 0 aliphatic carbocycles. The van der Waals surface area contributed by atoms with Crippen LogP contribution in [0.2, 0.25) is 0 Å². The molecule has 0 aliphatic heterocycles. The van der Waals surface area contributed by atoms with Crippen LogP contribution in [0, 0.1) is 0 Å². The first-order valence-electron chi connectivity index (χ1n) is 2.35. The summed E-state index contributed by atoms with van der Waals surface area (Å²) in [5.41, 5.74) is 0. The maximum atomic E-state index is 10.0. The molecule has 1 N–H and O–H groups in total. The van der Waals surface area contributed by atoms with Gasteiger partial charge >= 0.3 is 5.30 Å². The van der Waals surface area contributed by atoms with Gasteiger partial charge in [0.2, 0.25) is 0 Å². The van der Waals surface area contributed by atoms with E-state index in [0.717, 1.165) is 0 Å².